The van der Waals surface area contributed by atoms with Gasteiger partial charge < -0.3 is 10.2 Å². The van der Waals surface area contributed by atoms with Gasteiger partial charge in [-0.1, -0.05) is 23.4 Å². The highest BCUT2D eigenvalue weighted by Gasteiger charge is 2.17. The first kappa shape index (κ1) is 18.6. The van der Waals surface area contributed by atoms with Crippen molar-refractivity contribution in [3.63, 3.8) is 0 Å². The first-order valence-electron chi connectivity index (χ1n) is 8.82. The molecule has 0 unspecified atom stereocenters. The minimum absolute atomic E-state index is 0.0378. The van der Waals surface area contributed by atoms with Crippen LogP contribution in [0.25, 0.3) is 11.0 Å². The number of amides is 2. The van der Waals surface area contributed by atoms with E-state index in [4.69, 9.17) is 0 Å². The number of para-hydroxylation sites is 1. The van der Waals surface area contributed by atoms with Crippen molar-refractivity contribution in [3.05, 3.63) is 53.6 Å². The molecule has 0 aliphatic heterocycles. The molecule has 1 N–H and O–H groups in total. The number of anilines is 1. The van der Waals surface area contributed by atoms with E-state index >= 15 is 0 Å². The van der Waals surface area contributed by atoms with Gasteiger partial charge in [-0.3, -0.25) is 9.59 Å². The molecule has 2 aromatic carbocycles. The molecule has 0 spiro atoms. The summed E-state index contributed by atoms with van der Waals surface area (Å²) >= 11 is 0. The molecule has 7 heteroatoms. The molecule has 0 saturated heterocycles. The second-order valence-corrected chi connectivity index (χ2v) is 6.86. The molecule has 0 saturated carbocycles. The number of fused-ring (bicyclic) bond motifs is 1. The Labute approximate surface area is 158 Å². The van der Waals surface area contributed by atoms with Crippen LogP contribution in [0.4, 0.5) is 5.69 Å². The van der Waals surface area contributed by atoms with Crippen LogP contribution in [-0.2, 0) is 4.79 Å². The molecule has 0 aliphatic carbocycles. The average molecular weight is 365 g/mol. The SMILES string of the molecule is Cc1ccccc1NC(=O)CN(C)C(=O)c1ccc2c(c1)nnn2C(C)C. The summed E-state index contributed by atoms with van der Waals surface area (Å²) in [6.07, 6.45) is 0. The third kappa shape index (κ3) is 3.97. The van der Waals surface area contributed by atoms with Gasteiger partial charge in [-0.15, -0.1) is 5.10 Å². The van der Waals surface area contributed by atoms with Crippen LogP contribution in [0.2, 0.25) is 0 Å². The number of hydrogen-bond acceptors (Lipinski definition) is 4. The number of carbonyl (C=O) groups is 2. The van der Waals surface area contributed by atoms with Crippen molar-refractivity contribution in [2.75, 3.05) is 18.9 Å². The third-order valence-corrected chi connectivity index (χ3v) is 4.35. The highest BCUT2D eigenvalue weighted by atomic mass is 16.2. The zero-order valence-corrected chi connectivity index (χ0v) is 15.9. The van der Waals surface area contributed by atoms with Gasteiger partial charge in [0.1, 0.15) is 5.52 Å². The fraction of sp³-hybridized carbons (Fsp3) is 0.300. The summed E-state index contributed by atoms with van der Waals surface area (Å²) in [5.41, 5.74) is 3.73. The second kappa shape index (κ2) is 7.57. The minimum atomic E-state index is -0.244. The molecule has 7 nitrogen and oxygen atoms in total. The highest BCUT2D eigenvalue weighted by molar-refractivity contribution is 6.01. The molecular formula is C20H23N5O2. The van der Waals surface area contributed by atoms with Crippen LogP contribution in [0, 0.1) is 6.92 Å². The van der Waals surface area contributed by atoms with Crippen LogP contribution in [-0.4, -0.2) is 45.3 Å². The largest absolute Gasteiger partial charge is 0.332 e. The lowest BCUT2D eigenvalue weighted by atomic mass is 10.1. The summed E-state index contributed by atoms with van der Waals surface area (Å²) < 4.78 is 1.81. The zero-order chi connectivity index (χ0) is 19.6. The maximum absolute atomic E-state index is 12.7. The van der Waals surface area contributed by atoms with Crippen molar-refractivity contribution in [1.82, 2.24) is 19.9 Å². The molecular weight excluding hydrogens is 342 g/mol. The Morgan fingerprint density at radius 2 is 1.93 bits per heavy atom. The van der Waals surface area contributed by atoms with Crippen LogP contribution in [0.1, 0.15) is 35.8 Å². The summed E-state index contributed by atoms with van der Waals surface area (Å²) in [5, 5.41) is 11.1. The quantitative estimate of drug-likeness (QED) is 0.754. The fourth-order valence-corrected chi connectivity index (χ4v) is 2.87. The van der Waals surface area contributed by atoms with E-state index in [9.17, 15) is 9.59 Å². The first-order chi connectivity index (χ1) is 12.9. The van der Waals surface area contributed by atoms with Crippen LogP contribution < -0.4 is 5.32 Å². The van der Waals surface area contributed by atoms with Crippen molar-refractivity contribution >= 4 is 28.5 Å². The highest BCUT2D eigenvalue weighted by Crippen LogP contribution is 2.18. The Hall–Kier alpha value is -3.22. The molecule has 0 aliphatic rings. The van der Waals surface area contributed by atoms with E-state index < -0.39 is 0 Å². The van der Waals surface area contributed by atoms with E-state index in [1.54, 1.807) is 19.2 Å². The molecule has 0 bridgehead atoms. The predicted octanol–water partition coefficient (Wildman–Crippen LogP) is 3.03. The zero-order valence-electron chi connectivity index (χ0n) is 15.9. The molecule has 3 aromatic rings. The van der Waals surface area contributed by atoms with E-state index in [0.29, 0.717) is 11.1 Å². The number of carbonyl (C=O) groups excluding carboxylic acids is 2. The maximum atomic E-state index is 12.7. The lowest BCUT2D eigenvalue weighted by molar-refractivity contribution is -0.116. The second-order valence-electron chi connectivity index (χ2n) is 6.86. The van der Waals surface area contributed by atoms with E-state index in [2.05, 4.69) is 15.6 Å². The number of hydrogen-bond donors (Lipinski definition) is 1. The van der Waals surface area contributed by atoms with Gasteiger partial charge in [-0.2, -0.15) is 0 Å². The predicted molar refractivity (Wildman–Crippen MR) is 105 cm³/mol. The lowest BCUT2D eigenvalue weighted by Gasteiger charge is -2.17. The van der Waals surface area contributed by atoms with Crippen LogP contribution in [0.15, 0.2) is 42.5 Å². The number of likely N-dealkylation sites (N-methyl/N-ethyl adjacent to an activating group) is 1. The molecule has 3 rings (SSSR count). The minimum Gasteiger partial charge on any atom is -0.332 e. The number of aryl methyl sites for hydroxylation is 1. The van der Waals surface area contributed by atoms with Crippen molar-refractivity contribution in [3.8, 4) is 0 Å². The van der Waals surface area contributed by atoms with Crippen molar-refractivity contribution in [2.24, 2.45) is 0 Å². The smallest absolute Gasteiger partial charge is 0.254 e. The maximum Gasteiger partial charge on any atom is 0.254 e. The Kier molecular flexibility index (Phi) is 5.21. The van der Waals surface area contributed by atoms with E-state index in [1.807, 2.05) is 55.8 Å². The number of nitrogens with zero attached hydrogens (tertiary/aromatic N) is 4. The summed E-state index contributed by atoms with van der Waals surface area (Å²) in [4.78, 5) is 26.3. The summed E-state index contributed by atoms with van der Waals surface area (Å²) in [6, 6.07) is 13.0. The van der Waals surface area contributed by atoms with Gasteiger partial charge in [-0.05, 0) is 50.6 Å². The monoisotopic (exact) mass is 365 g/mol. The molecule has 1 heterocycles. The van der Waals surface area contributed by atoms with Gasteiger partial charge >= 0.3 is 0 Å². The summed E-state index contributed by atoms with van der Waals surface area (Å²) in [6.45, 7) is 5.93. The fourth-order valence-electron chi connectivity index (χ4n) is 2.87. The van der Waals surface area contributed by atoms with Gasteiger partial charge in [0.15, 0.2) is 0 Å². The normalized spacial score (nSPS) is 11.0. The van der Waals surface area contributed by atoms with Gasteiger partial charge in [0.25, 0.3) is 5.91 Å². The standard InChI is InChI=1S/C20H23N5O2/c1-13(2)25-18-10-9-15(11-17(18)22-23-25)20(27)24(4)12-19(26)21-16-8-6-5-7-14(16)3/h5-11,13H,12H2,1-4H3,(H,21,26). The van der Waals surface area contributed by atoms with Gasteiger partial charge in [0, 0.05) is 24.3 Å². The van der Waals surface area contributed by atoms with E-state index in [1.165, 1.54) is 4.90 Å². The van der Waals surface area contributed by atoms with Crippen molar-refractivity contribution in [2.45, 2.75) is 26.8 Å². The average Bonchev–Trinajstić information content (AvgIpc) is 3.06. The topological polar surface area (TPSA) is 80.1 Å². The van der Waals surface area contributed by atoms with E-state index in [0.717, 1.165) is 16.8 Å². The van der Waals surface area contributed by atoms with Gasteiger partial charge in [0.2, 0.25) is 5.91 Å². The number of rotatable bonds is 5. The van der Waals surface area contributed by atoms with Crippen LogP contribution in [0.5, 0.6) is 0 Å². The van der Waals surface area contributed by atoms with Crippen LogP contribution in [0.3, 0.4) is 0 Å². The Morgan fingerprint density at radius 3 is 2.63 bits per heavy atom. The van der Waals surface area contributed by atoms with Crippen molar-refractivity contribution < 1.29 is 9.59 Å². The lowest BCUT2D eigenvalue weighted by Crippen LogP contribution is -2.35. The molecule has 2 amide bonds. The third-order valence-electron chi connectivity index (χ3n) is 4.35. The summed E-state index contributed by atoms with van der Waals surface area (Å²) in [7, 11) is 1.61. The van der Waals surface area contributed by atoms with Crippen LogP contribution >= 0.6 is 0 Å². The molecule has 140 valence electrons. The molecule has 1 aromatic heterocycles. The Morgan fingerprint density at radius 1 is 1.19 bits per heavy atom. The number of benzene rings is 2. The van der Waals surface area contributed by atoms with Crippen molar-refractivity contribution in [1.29, 1.82) is 0 Å². The first-order valence-corrected chi connectivity index (χ1v) is 8.82. The number of nitrogens with one attached hydrogen (secondary N) is 1. The Balaban J connectivity index is 1.70. The van der Waals surface area contributed by atoms with E-state index in [-0.39, 0.29) is 24.4 Å². The summed E-state index contributed by atoms with van der Waals surface area (Å²) in [5.74, 6) is -0.483. The van der Waals surface area contributed by atoms with Gasteiger partial charge in [0.05, 0.1) is 12.1 Å². The van der Waals surface area contributed by atoms with Gasteiger partial charge in [-0.25, -0.2) is 4.68 Å². The Bertz CT molecular complexity index is 993. The molecule has 0 radical (unpaired) electrons. The number of aromatic nitrogens is 3. The molecule has 0 fully saturated rings. The molecule has 0 atom stereocenters. The molecule has 27 heavy (non-hydrogen) atoms.